The summed E-state index contributed by atoms with van der Waals surface area (Å²) in [5, 5.41) is 10.6. The second-order valence-corrected chi connectivity index (χ2v) is 4.83. The first kappa shape index (κ1) is 19.3. The van der Waals surface area contributed by atoms with E-state index in [0.717, 1.165) is 19.1 Å². The molecule has 7 heteroatoms. The monoisotopic (exact) mass is 337 g/mol. The van der Waals surface area contributed by atoms with Crippen LogP contribution in [0.2, 0.25) is 0 Å². The number of hydrogen-bond donors (Lipinski definition) is 1. The van der Waals surface area contributed by atoms with Gasteiger partial charge in [-0.2, -0.15) is 0 Å². The maximum absolute atomic E-state index is 13.1. The number of esters is 2. The molecule has 0 bridgehead atoms. The van der Waals surface area contributed by atoms with Crippen LogP contribution in [0.5, 0.6) is 0 Å². The summed E-state index contributed by atoms with van der Waals surface area (Å²) in [5.41, 5.74) is 0.315. The van der Waals surface area contributed by atoms with Crippen LogP contribution in [-0.2, 0) is 19.1 Å². The summed E-state index contributed by atoms with van der Waals surface area (Å²) < 4.78 is 23.1. The number of halogens is 1. The van der Waals surface area contributed by atoms with Crippen molar-refractivity contribution in [3.05, 3.63) is 47.0 Å². The van der Waals surface area contributed by atoms with E-state index in [2.05, 4.69) is 4.99 Å². The quantitative estimate of drug-likeness (QED) is 0.373. The number of benzene rings is 1. The first-order chi connectivity index (χ1) is 11.3. The third kappa shape index (κ3) is 4.91. The van der Waals surface area contributed by atoms with Crippen molar-refractivity contribution in [1.29, 1.82) is 0 Å². The fourth-order valence-electron chi connectivity index (χ4n) is 1.97. The Morgan fingerprint density at radius 3 is 2.29 bits per heavy atom. The largest absolute Gasteiger partial charge is 0.507 e. The lowest BCUT2D eigenvalue weighted by Gasteiger charge is -2.19. The standard InChI is InChI=1S/C17H20FNO5/c1-5-23-17(22)14(10(2)19-4)15(21)16(24-11(3)20)12-6-8-13(18)9-7-12/h6-9,16,21H,5H2,1-4H3. The van der Waals surface area contributed by atoms with Gasteiger partial charge in [0, 0.05) is 25.2 Å². The molecule has 0 aliphatic rings. The second-order valence-electron chi connectivity index (χ2n) is 4.83. The molecular weight excluding hydrogens is 317 g/mol. The molecule has 0 saturated heterocycles. The molecule has 130 valence electrons. The lowest BCUT2D eigenvalue weighted by atomic mass is 10.0. The smallest absolute Gasteiger partial charge is 0.343 e. The molecule has 0 spiro atoms. The molecule has 0 aromatic heterocycles. The topological polar surface area (TPSA) is 85.2 Å². The van der Waals surface area contributed by atoms with Crippen LogP contribution in [-0.4, -0.2) is 36.4 Å². The molecule has 1 atom stereocenters. The molecule has 6 nitrogen and oxygen atoms in total. The highest BCUT2D eigenvalue weighted by molar-refractivity contribution is 6.19. The zero-order chi connectivity index (χ0) is 18.3. The normalized spacial score (nSPS) is 13.8. The van der Waals surface area contributed by atoms with Gasteiger partial charge in [0.25, 0.3) is 0 Å². The highest BCUT2D eigenvalue weighted by Crippen LogP contribution is 2.28. The Morgan fingerprint density at radius 1 is 1.25 bits per heavy atom. The zero-order valence-corrected chi connectivity index (χ0v) is 14.0. The van der Waals surface area contributed by atoms with Gasteiger partial charge in [-0.05, 0) is 26.0 Å². The van der Waals surface area contributed by atoms with Crippen molar-refractivity contribution in [2.24, 2.45) is 4.99 Å². The minimum Gasteiger partial charge on any atom is -0.507 e. The summed E-state index contributed by atoms with van der Waals surface area (Å²) in [5.74, 6) is -2.48. The zero-order valence-electron chi connectivity index (χ0n) is 14.0. The predicted octanol–water partition coefficient (Wildman–Crippen LogP) is 2.90. The highest BCUT2D eigenvalue weighted by atomic mass is 19.1. The van der Waals surface area contributed by atoms with E-state index >= 15 is 0 Å². The number of rotatable bonds is 6. The van der Waals surface area contributed by atoms with Crippen LogP contribution >= 0.6 is 0 Å². The molecule has 1 aromatic carbocycles. The Hall–Kier alpha value is -2.70. The maximum Gasteiger partial charge on any atom is 0.343 e. The van der Waals surface area contributed by atoms with Crippen molar-refractivity contribution in [1.82, 2.24) is 0 Å². The van der Waals surface area contributed by atoms with Gasteiger partial charge in [-0.1, -0.05) is 12.1 Å². The molecule has 0 aliphatic carbocycles. The second kappa shape index (κ2) is 8.81. The number of hydrogen-bond acceptors (Lipinski definition) is 6. The average molecular weight is 337 g/mol. The summed E-state index contributed by atoms with van der Waals surface area (Å²) in [7, 11) is 1.45. The first-order valence-corrected chi connectivity index (χ1v) is 7.28. The molecule has 1 N–H and O–H groups in total. The molecular formula is C17H20FNO5. The Balaban J connectivity index is 3.47. The van der Waals surface area contributed by atoms with Gasteiger partial charge in [-0.3, -0.25) is 9.79 Å². The highest BCUT2D eigenvalue weighted by Gasteiger charge is 2.28. The summed E-state index contributed by atoms with van der Waals surface area (Å²) in [4.78, 5) is 27.4. The number of ether oxygens (including phenoxy) is 2. The van der Waals surface area contributed by atoms with Crippen molar-refractivity contribution < 1.29 is 28.6 Å². The van der Waals surface area contributed by atoms with E-state index in [0.29, 0.717) is 5.56 Å². The minimum absolute atomic E-state index is 0.0986. The lowest BCUT2D eigenvalue weighted by Crippen LogP contribution is -2.21. The van der Waals surface area contributed by atoms with E-state index < -0.39 is 29.6 Å². The minimum atomic E-state index is -1.28. The molecule has 0 saturated carbocycles. The molecule has 1 unspecified atom stereocenters. The van der Waals surface area contributed by atoms with Gasteiger partial charge in [0.2, 0.25) is 0 Å². The third-order valence-electron chi connectivity index (χ3n) is 3.14. The van der Waals surface area contributed by atoms with Crippen molar-refractivity contribution in [3.63, 3.8) is 0 Å². The number of aliphatic hydroxyl groups is 1. The Bertz CT molecular complexity index is 664. The molecule has 1 aromatic rings. The molecule has 0 fully saturated rings. The van der Waals surface area contributed by atoms with Crippen molar-refractivity contribution in [2.45, 2.75) is 26.9 Å². The van der Waals surface area contributed by atoms with Crippen molar-refractivity contribution in [2.75, 3.05) is 13.7 Å². The molecule has 0 amide bonds. The van der Waals surface area contributed by atoms with E-state index in [1.807, 2.05) is 0 Å². The van der Waals surface area contributed by atoms with Gasteiger partial charge in [0.05, 0.1) is 6.61 Å². The number of aliphatic imine (C=N–C) groups is 1. The van der Waals surface area contributed by atoms with Gasteiger partial charge in [0.15, 0.2) is 11.9 Å². The van der Waals surface area contributed by atoms with Gasteiger partial charge in [0.1, 0.15) is 11.4 Å². The number of aliphatic hydroxyl groups excluding tert-OH is 1. The van der Waals surface area contributed by atoms with Gasteiger partial charge in [-0.25, -0.2) is 9.18 Å². The van der Waals surface area contributed by atoms with E-state index in [9.17, 15) is 19.1 Å². The van der Waals surface area contributed by atoms with Crippen LogP contribution < -0.4 is 0 Å². The molecule has 0 radical (unpaired) electrons. The summed E-state index contributed by atoms with van der Waals surface area (Å²) in [6, 6.07) is 5.01. The molecule has 24 heavy (non-hydrogen) atoms. The van der Waals surface area contributed by atoms with Crippen LogP contribution in [0.25, 0.3) is 0 Å². The fourth-order valence-corrected chi connectivity index (χ4v) is 1.97. The predicted molar refractivity (Wildman–Crippen MR) is 86.2 cm³/mol. The van der Waals surface area contributed by atoms with Crippen molar-refractivity contribution in [3.8, 4) is 0 Å². The van der Waals surface area contributed by atoms with Gasteiger partial charge >= 0.3 is 11.9 Å². The van der Waals surface area contributed by atoms with Crippen LogP contribution in [0.3, 0.4) is 0 Å². The van der Waals surface area contributed by atoms with E-state index in [1.54, 1.807) is 6.92 Å². The number of carbonyl (C=O) groups excluding carboxylic acids is 2. The fraction of sp³-hybridized carbons (Fsp3) is 0.353. The molecule has 0 heterocycles. The van der Waals surface area contributed by atoms with Crippen molar-refractivity contribution >= 4 is 17.7 Å². The van der Waals surface area contributed by atoms with Crippen LogP contribution in [0, 0.1) is 5.82 Å². The summed E-state index contributed by atoms with van der Waals surface area (Å²) in [6.07, 6.45) is -1.28. The van der Waals surface area contributed by atoms with E-state index in [1.165, 1.54) is 26.1 Å². The average Bonchev–Trinajstić information content (AvgIpc) is 2.53. The molecule has 1 rings (SSSR count). The summed E-state index contributed by atoms with van der Waals surface area (Å²) in [6.45, 7) is 4.39. The van der Waals surface area contributed by atoms with E-state index in [-0.39, 0.29) is 17.9 Å². The SMILES string of the molecule is CCOC(=O)C(C(C)=NC)=C(O)C(OC(C)=O)c1ccc(F)cc1. The van der Waals surface area contributed by atoms with Crippen LogP contribution in [0.4, 0.5) is 4.39 Å². The van der Waals surface area contributed by atoms with Gasteiger partial charge in [-0.15, -0.1) is 0 Å². The summed E-state index contributed by atoms with van der Waals surface area (Å²) >= 11 is 0. The first-order valence-electron chi connectivity index (χ1n) is 7.28. The van der Waals surface area contributed by atoms with Gasteiger partial charge < -0.3 is 14.6 Å². The Morgan fingerprint density at radius 2 is 1.83 bits per heavy atom. The number of nitrogens with zero attached hydrogens (tertiary/aromatic N) is 1. The Labute approximate surface area is 139 Å². The third-order valence-corrected chi connectivity index (χ3v) is 3.14. The lowest BCUT2D eigenvalue weighted by molar-refractivity contribution is -0.147. The number of carbonyl (C=O) groups is 2. The van der Waals surface area contributed by atoms with Crippen LogP contribution in [0.15, 0.2) is 40.6 Å². The Kier molecular flexibility index (Phi) is 7.10. The van der Waals surface area contributed by atoms with Crippen LogP contribution in [0.1, 0.15) is 32.4 Å². The molecule has 0 aliphatic heterocycles. The maximum atomic E-state index is 13.1. The van der Waals surface area contributed by atoms with E-state index in [4.69, 9.17) is 9.47 Å².